The molecule has 0 aliphatic heterocycles. The average molecular weight is 238 g/mol. The second-order valence-corrected chi connectivity index (χ2v) is 6.38. The van der Waals surface area contributed by atoms with Gasteiger partial charge >= 0.3 is 0 Å². The van der Waals surface area contributed by atoms with Crippen LogP contribution in [0.5, 0.6) is 5.75 Å². The van der Waals surface area contributed by atoms with Crippen molar-refractivity contribution in [2.24, 2.45) is 5.41 Å². The monoisotopic (exact) mass is 238 g/mol. The fraction of sp³-hybridized carbons (Fsp3) is 0.571. The van der Waals surface area contributed by atoms with Crippen LogP contribution in [0.4, 0.5) is 0 Å². The number of rotatable bonds is 2. The molecular weight excluding hydrogens is 216 g/mol. The standard InChI is InChI=1S/C14H22OS/c1-9(2)12-10(8-14(3,4)5)6-7-11(16)13(12)15/h6-7,9,15-16H,8H2,1-5H3. The van der Waals surface area contributed by atoms with Crippen LogP contribution in [0.15, 0.2) is 17.0 Å². The predicted molar refractivity (Wildman–Crippen MR) is 72.6 cm³/mol. The zero-order valence-corrected chi connectivity index (χ0v) is 11.7. The van der Waals surface area contributed by atoms with Crippen LogP contribution in [-0.4, -0.2) is 5.11 Å². The number of hydrogen-bond acceptors (Lipinski definition) is 2. The molecule has 0 atom stereocenters. The van der Waals surface area contributed by atoms with Crippen LogP contribution in [-0.2, 0) is 6.42 Å². The Balaban J connectivity index is 3.24. The van der Waals surface area contributed by atoms with Gasteiger partial charge in [-0.2, -0.15) is 0 Å². The third kappa shape index (κ3) is 3.18. The second kappa shape index (κ2) is 4.70. The number of phenols is 1. The lowest BCUT2D eigenvalue weighted by Crippen LogP contribution is -2.11. The minimum absolute atomic E-state index is 0.230. The van der Waals surface area contributed by atoms with Gasteiger partial charge in [0.25, 0.3) is 0 Å². The van der Waals surface area contributed by atoms with Gasteiger partial charge in [-0.25, -0.2) is 0 Å². The number of phenolic OH excluding ortho intramolecular Hbond substituents is 1. The molecule has 1 aromatic rings. The number of aromatic hydroxyl groups is 1. The van der Waals surface area contributed by atoms with E-state index in [2.05, 4.69) is 53.3 Å². The van der Waals surface area contributed by atoms with Crippen LogP contribution < -0.4 is 0 Å². The summed E-state index contributed by atoms with van der Waals surface area (Å²) in [6, 6.07) is 3.97. The summed E-state index contributed by atoms with van der Waals surface area (Å²) < 4.78 is 0. The van der Waals surface area contributed by atoms with Crippen molar-refractivity contribution in [2.75, 3.05) is 0 Å². The first-order chi connectivity index (χ1) is 7.22. The summed E-state index contributed by atoms with van der Waals surface area (Å²) in [4.78, 5) is 0.668. The minimum Gasteiger partial charge on any atom is -0.506 e. The first-order valence-electron chi connectivity index (χ1n) is 5.76. The molecule has 0 aliphatic carbocycles. The van der Waals surface area contributed by atoms with Gasteiger partial charge in [0.15, 0.2) is 0 Å². The smallest absolute Gasteiger partial charge is 0.132 e. The molecule has 1 aromatic carbocycles. The minimum atomic E-state index is 0.230. The van der Waals surface area contributed by atoms with Gasteiger partial charge in [-0.1, -0.05) is 40.7 Å². The molecule has 0 aromatic heterocycles. The van der Waals surface area contributed by atoms with Gasteiger partial charge < -0.3 is 5.11 Å². The molecule has 0 bridgehead atoms. The Labute approximate surface area is 104 Å². The van der Waals surface area contributed by atoms with Crippen molar-refractivity contribution in [3.8, 4) is 5.75 Å². The topological polar surface area (TPSA) is 20.2 Å². The van der Waals surface area contributed by atoms with Crippen molar-refractivity contribution in [1.29, 1.82) is 0 Å². The number of hydrogen-bond donors (Lipinski definition) is 2. The second-order valence-electron chi connectivity index (χ2n) is 5.90. The van der Waals surface area contributed by atoms with Crippen LogP contribution in [0.2, 0.25) is 0 Å². The van der Waals surface area contributed by atoms with Gasteiger partial charge in [-0.3, -0.25) is 0 Å². The van der Waals surface area contributed by atoms with E-state index in [0.717, 1.165) is 12.0 Å². The molecule has 2 heteroatoms. The number of thiol groups is 1. The molecule has 1 N–H and O–H groups in total. The van der Waals surface area contributed by atoms with Crippen molar-refractivity contribution in [1.82, 2.24) is 0 Å². The normalized spacial score (nSPS) is 12.2. The molecule has 16 heavy (non-hydrogen) atoms. The van der Waals surface area contributed by atoms with E-state index in [-0.39, 0.29) is 5.41 Å². The SMILES string of the molecule is CC(C)c1c(CC(C)(C)C)ccc(S)c1O. The summed E-state index contributed by atoms with van der Waals surface area (Å²) in [5.41, 5.74) is 2.51. The summed E-state index contributed by atoms with van der Waals surface area (Å²) in [5, 5.41) is 10.1. The molecule has 0 amide bonds. The molecule has 0 fully saturated rings. The third-order valence-electron chi connectivity index (χ3n) is 2.58. The van der Waals surface area contributed by atoms with Crippen molar-refractivity contribution < 1.29 is 5.11 Å². The lowest BCUT2D eigenvalue weighted by molar-refractivity contribution is 0.404. The highest BCUT2D eigenvalue weighted by Crippen LogP contribution is 2.36. The Hall–Kier alpha value is -0.630. The van der Waals surface area contributed by atoms with Gasteiger partial charge in [0.05, 0.1) is 0 Å². The van der Waals surface area contributed by atoms with E-state index in [4.69, 9.17) is 0 Å². The molecule has 0 radical (unpaired) electrons. The molecule has 0 saturated heterocycles. The fourth-order valence-corrected chi connectivity index (χ4v) is 2.20. The van der Waals surface area contributed by atoms with Gasteiger partial charge in [-0.05, 0) is 29.4 Å². The highest BCUT2D eigenvalue weighted by Gasteiger charge is 2.19. The largest absolute Gasteiger partial charge is 0.506 e. The van der Waals surface area contributed by atoms with Gasteiger partial charge in [0.2, 0.25) is 0 Å². The molecule has 0 saturated carbocycles. The van der Waals surface area contributed by atoms with Gasteiger partial charge in [0.1, 0.15) is 5.75 Å². The predicted octanol–water partition coefficient (Wildman–Crippen LogP) is 4.39. The lowest BCUT2D eigenvalue weighted by Gasteiger charge is -2.23. The zero-order chi connectivity index (χ0) is 12.5. The molecule has 0 aliphatic rings. The first kappa shape index (κ1) is 13.4. The van der Waals surface area contributed by atoms with E-state index in [1.165, 1.54) is 5.56 Å². The maximum absolute atomic E-state index is 10.1. The zero-order valence-electron chi connectivity index (χ0n) is 10.8. The maximum atomic E-state index is 10.1. The molecule has 0 unspecified atom stereocenters. The van der Waals surface area contributed by atoms with E-state index in [0.29, 0.717) is 16.6 Å². The quantitative estimate of drug-likeness (QED) is 0.732. The summed E-state index contributed by atoms with van der Waals surface area (Å²) in [5.74, 6) is 0.671. The van der Waals surface area contributed by atoms with Gasteiger partial charge in [-0.15, -0.1) is 12.6 Å². The molecule has 1 rings (SSSR count). The molecule has 90 valence electrons. The van der Waals surface area contributed by atoms with Crippen molar-refractivity contribution in [3.05, 3.63) is 23.3 Å². The Morgan fingerprint density at radius 2 is 1.81 bits per heavy atom. The molecule has 0 heterocycles. The van der Waals surface area contributed by atoms with E-state index in [1.54, 1.807) is 0 Å². The fourth-order valence-electron chi connectivity index (χ4n) is 2.01. The van der Waals surface area contributed by atoms with Crippen LogP contribution in [0, 0.1) is 5.41 Å². The Bertz CT molecular complexity index is 375. The highest BCUT2D eigenvalue weighted by atomic mass is 32.1. The Morgan fingerprint density at radius 3 is 2.25 bits per heavy atom. The van der Waals surface area contributed by atoms with Crippen molar-refractivity contribution in [3.63, 3.8) is 0 Å². The lowest BCUT2D eigenvalue weighted by atomic mass is 9.83. The third-order valence-corrected chi connectivity index (χ3v) is 2.95. The van der Waals surface area contributed by atoms with Crippen LogP contribution >= 0.6 is 12.6 Å². The highest BCUT2D eigenvalue weighted by molar-refractivity contribution is 7.80. The summed E-state index contributed by atoms with van der Waals surface area (Å²) in [7, 11) is 0. The van der Waals surface area contributed by atoms with Crippen molar-refractivity contribution >= 4 is 12.6 Å². The van der Waals surface area contributed by atoms with Crippen LogP contribution in [0.3, 0.4) is 0 Å². The van der Waals surface area contributed by atoms with E-state index in [9.17, 15) is 5.11 Å². The summed E-state index contributed by atoms with van der Waals surface area (Å²) >= 11 is 4.27. The summed E-state index contributed by atoms with van der Waals surface area (Å²) in [6.45, 7) is 10.8. The molecule has 0 spiro atoms. The van der Waals surface area contributed by atoms with E-state index in [1.807, 2.05) is 6.07 Å². The van der Waals surface area contributed by atoms with E-state index >= 15 is 0 Å². The maximum Gasteiger partial charge on any atom is 0.132 e. The molecule has 1 nitrogen and oxygen atoms in total. The number of benzene rings is 1. The average Bonchev–Trinajstić information content (AvgIpc) is 2.08. The van der Waals surface area contributed by atoms with E-state index < -0.39 is 0 Å². The molecular formula is C14H22OS. The van der Waals surface area contributed by atoms with Crippen LogP contribution in [0.25, 0.3) is 0 Å². The Kier molecular flexibility index (Phi) is 3.95. The van der Waals surface area contributed by atoms with Crippen LogP contribution in [0.1, 0.15) is 51.7 Å². The summed E-state index contributed by atoms with van der Waals surface area (Å²) in [6.07, 6.45) is 0.974. The van der Waals surface area contributed by atoms with Gasteiger partial charge in [0, 0.05) is 10.5 Å². The first-order valence-corrected chi connectivity index (χ1v) is 6.21. The van der Waals surface area contributed by atoms with Crippen molar-refractivity contribution in [2.45, 2.75) is 51.9 Å². The Morgan fingerprint density at radius 1 is 1.25 bits per heavy atom.